The van der Waals surface area contributed by atoms with Crippen molar-refractivity contribution in [2.24, 2.45) is 5.92 Å². The topological polar surface area (TPSA) is 66.5 Å². The van der Waals surface area contributed by atoms with Crippen LogP contribution in [-0.2, 0) is 16.1 Å². The number of fused-ring (bicyclic) bond motifs is 1. The Kier molecular flexibility index (Phi) is 5.83. The Morgan fingerprint density at radius 2 is 1.91 bits per heavy atom. The van der Waals surface area contributed by atoms with E-state index in [4.69, 9.17) is 0 Å². The highest BCUT2D eigenvalue weighted by Crippen LogP contribution is 2.38. The number of benzene rings is 2. The first-order valence-electron chi connectivity index (χ1n) is 11.0. The summed E-state index contributed by atoms with van der Waals surface area (Å²) >= 11 is 0. The van der Waals surface area contributed by atoms with Crippen LogP contribution in [0.5, 0.6) is 0 Å². The standard InChI is InChI=1S/C27H28N2O3/c1-16-7-5-8-20(13-16)18(3)28-15-21-9-6-10-23-25(21)19(4)29(27(23)32)24-12-11-22(30)14-17(2)26(24)31/h5-10,13,17,24,28H,3-4,11-12,14-15H2,1-2H3. The van der Waals surface area contributed by atoms with Crippen molar-refractivity contribution in [2.45, 2.75) is 45.7 Å². The molecule has 2 unspecified atom stereocenters. The average molecular weight is 429 g/mol. The molecule has 1 aliphatic carbocycles. The number of Topliss-reactive ketones (excluding diaryl/α,β-unsaturated/α-hetero) is 2. The summed E-state index contributed by atoms with van der Waals surface area (Å²) in [4.78, 5) is 39.8. The number of nitrogens with one attached hydrogen (secondary N) is 1. The fourth-order valence-electron chi connectivity index (χ4n) is 4.67. The summed E-state index contributed by atoms with van der Waals surface area (Å²) in [7, 11) is 0. The number of aryl methyl sites for hydroxylation is 1. The van der Waals surface area contributed by atoms with Crippen molar-refractivity contribution in [1.29, 1.82) is 0 Å². The molecule has 0 aromatic heterocycles. The third kappa shape index (κ3) is 3.91. The highest BCUT2D eigenvalue weighted by atomic mass is 16.2. The van der Waals surface area contributed by atoms with Gasteiger partial charge in [-0.15, -0.1) is 0 Å². The molecule has 0 radical (unpaired) electrons. The van der Waals surface area contributed by atoms with Crippen molar-refractivity contribution in [3.05, 3.63) is 83.4 Å². The molecular formula is C27H28N2O3. The molecular weight excluding hydrogens is 400 g/mol. The number of amides is 1. The van der Waals surface area contributed by atoms with Gasteiger partial charge in [0.05, 0.1) is 6.04 Å². The molecule has 2 atom stereocenters. The van der Waals surface area contributed by atoms with Crippen LogP contribution >= 0.6 is 0 Å². The van der Waals surface area contributed by atoms with E-state index in [1.54, 1.807) is 13.0 Å². The number of hydrogen-bond acceptors (Lipinski definition) is 4. The first-order chi connectivity index (χ1) is 15.3. The summed E-state index contributed by atoms with van der Waals surface area (Å²) in [5, 5.41) is 3.36. The van der Waals surface area contributed by atoms with Crippen LogP contribution in [0.15, 0.2) is 55.6 Å². The molecule has 2 aromatic rings. The van der Waals surface area contributed by atoms with Gasteiger partial charge < -0.3 is 5.32 Å². The molecule has 1 amide bonds. The lowest BCUT2D eigenvalue weighted by molar-refractivity contribution is -0.127. The number of carbonyl (C=O) groups excluding carboxylic acids is 3. The Hall–Kier alpha value is -3.47. The van der Waals surface area contributed by atoms with Crippen molar-refractivity contribution in [3.63, 3.8) is 0 Å². The predicted octanol–water partition coefficient (Wildman–Crippen LogP) is 4.51. The third-order valence-electron chi connectivity index (χ3n) is 6.39. The highest BCUT2D eigenvalue weighted by molar-refractivity contribution is 6.12. The molecule has 1 heterocycles. The molecule has 0 saturated heterocycles. The van der Waals surface area contributed by atoms with E-state index >= 15 is 0 Å². The van der Waals surface area contributed by atoms with E-state index in [0.29, 0.717) is 30.6 Å². The smallest absolute Gasteiger partial charge is 0.259 e. The van der Waals surface area contributed by atoms with E-state index in [0.717, 1.165) is 28.0 Å². The van der Waals surface area contributed by atoms with Crippen molar-refractivity contribution in [2.75, 3.05) is 0 Å². The summed E-state index contributed by atoms with van der Waals surface area (Å²) in [6, 6.07) is 13.0. The summed E-state index contributed by atoms with van der Waals surface area (Å²) in [5.41, 5.74) is 5.72. The van der Waals surface area contributed by atoms with Gasteiger partial charge in [0.15, 0.2) is 5.78 Å². The quantitative estimate of drug-likeness (QED) is 0.712. The SMILES string of the molecule is C=C(NCc1cccc2c1C(=C)N(C1CCC(=O)CC(C)C1=O)C2=O)c1cccc(C)c1. The maximum absolute atomic E-state index is 13.3. The monoisotopic (exact) mass is 428 g/mol. The first-order valence-corrected chi connectivity index (χ1v) is 11.0. The van der Waals surface area contributed by atoms with E-state index in [1.807, 2.05) is 37.3 Å². The van der Waals surface area contributed by atoms with Gasteiger partial charge in [0.1, 0.15) is 5.78 Å². The van der Waals surface area contributed by atoms with E-state index < -0.39 is 12.0 Å². The third-order valence-corrected chi connectivity index (χ3v) is 6.39. The second kappa shape index (κ2) is 8.58. The lowest BCUT2D eigenvalue weighted by atomic mass is 9.97. The molecule has 164 valence electrons. The van der Waals surface area contributed by atoms with Gasteiger partial charge in [-0.2, -0.15) is 0 Å². The van der Waals surface area contributed by atoms with Gasteiger partial charge in [0.25, 0.3) is 5.91 Å². The summed E-state index contributed by atoms with van der Waals surface area (Å²) in [6.45, 7) is 12.6. The largest absolute Gasteiger partial charge is 0.381 e. The zero-order chi connectivity index (χ0) is 23.0. The van der Waals surface area contributed by atoms with Crippen LogP contribution in [0.3, 0.4) is 0 Å². The number of nitrogens with zero attached hydrogens (tertiary/aromatic N) is 1. The Labute approximate surface area is 188 Å². The molecule has 0 spiro atoms. The number of carbonyl (C=O) groups is 3. The van der Waals surface area contributed by atoms with Crippen LogP contribution < -0.4 is 5.32 Å². The molecule has 1 fully saturated rings. The number of hydrogen-bond donors (Lipinski definition) is 1. The van der Waals surface area contributed by atoms with Crippen molar-refractivity contribution >= 4 is 28.9 Å². The summed E-state index contributed by atoms with van der Waals surface area (Å²) in [6.07, 6.45) is 0.893. The van der Waals surface area contributed by atoms with E-state index in [-0.39, 0.29) is 23.9 Å². The lowest BCUT2D eigenvalue weighted by Crippen LogP contribution is -2.42. The second-order valence-corrected chi connectivity index (χ2v) is 8.76. The molecule has 4 rings (SSSR count). The Morgan fingerprint density at radius 1 is 1.16 bits per heavy atom. The van der Waals surface area contributed by atoms with Gasteiger partial charge in [0.2, 0.25) is 0 Å². The molecule has 5 nitrogen and oxygen atoms in total. The van der Waals surface area contributed by atoms with Gasteiger partial charge in [-0.1, -0.05) is 56.0 Å². The molecule has 5 heteroatoms. The van der Waals surface area contributed by atoms with Crippen molar-refractivity contribution in [3.8, 4) is 0 Å². The minimum absolute atomic E-state index is 0.0642. The van der Waals surface area contributed by atoms with Gasteiger partial charge in [-0.25, -0.2) is 0 Å². The predicted molar refractivity (Wildman–Crippen MR) is 126 cm³/mol. The zero-order valence-corrected chi connectivity index (χ0v) is 18.6. The molecule has 2 aliphatic rings. The van der Waals surface area contributed by atoms with Crippen LogP contribution in [0, 0.1) is 12.8 Å². The van der Waals surface area contributed by atoms with Crippen LogP contribution in [0.4, 0.5) is 0 Å². The van der Waals surface area contributed by atoms with Gasteiger partial charge in [-0.3, -0.25) is 19.3 Å². The van der Waals surface area contributed by atoms with Crippen molar-refractivity contribution < 1.29 is 14.4 Å². The van der Waals surface area contributed by atoms with Crippen LogP contribution in [-0.4, -0.2) is 28.4 Å². The zero-order valence-electron chi connectivity index (χ0n) is 18.6. The maximum atomic E-state index is 13.3. The molecule has 1 N–H and O–H groups in total. The highest BCUT2D eigenvalue weighted by Gasteiger charge is 2.42. The molecule has 1 aliphatic heterocycles. The molecule has 2 aromatic carbocycles. The summed E-state index contributed by atoms with van der Waals surface area (Å²) in [5.74, 6) is -0.601. The van der Waals surface area contributed by atoms with E-state index in [9.17, 15) is 14.4 Å². The fraction of sp³-hybridized carbons (Fsp3) is 0.296. The van der Waals surface area contributed by atoms with Gasteiger partial charge in [0, 0.05) is 47.8 Å². The lowest BCUT2D eigenvalue weighted by Gasteiger charge is -2.28. The second-order valence-electron chi connectivity index (χ2n) is 8.76. The van der Waals surface area contributed by atoms with E-state index in [2.05, 4.69) is 24.5 Å². The van der Waals surface area contributed by atoms with Crippen LogP contribution in [0.2, 0.25) is 0 Å². The minimum atomic E-state index is -0.646. The van der Waals surface area contributed by atoms with Gasteiger partial charge in [-0.05, 0) is 36.6 Å². The Bertz CT molecular complexity index is 1150. The van der Waals surface area contributed by atoms with Crippen LogP contribution in [0.1, 0.15) is 58.8 Å². The number of ketones is 2. The fourth-order valence-corrected chi connectivity index (χ4v) is 4.67. The van der Waals surface area contributed by atoms with E-state index in [1.165, 1.54) is 4.90 Å². The normalized spacial score (nSPS) is 20.9. The molecule has 0 bridgehead atoms. The molecule has 32 heavy (non-hydrogen) atoms. The molecule has 1 saturated carbocycles. The van der Waals surface area contributed by atoms with Gasteiger partial charge >= 0.3 is 0 Å². The number of rotatable bonds is 5. The Morgan fingerprint density at radius 3 is 2.66 bits per heavy atom. The van der Waals surface area contributed by atoms with Crippen molar-refractivity contribution in [1.82, 2.24) is 10.2 Å². The Balaban J connectivity index is 1.58. The average Bonchev–Trinajstić information content (AvgIpc) is 2.95. The summed E-state index contributed by atoms with van der Waals surface area (Å²) < 4.78 is 0. The van der Waals surface area contributed by atoms with Crippen LogP contribution in [0.25, 0.3) is 11.4 Å². The first kappa shape index (κ1) is 21.8. The maximum Gasteiger partial charge on any atom is 0.259 e. The minimum Gasteiger partial charge on any atom is -0.381 e.